The van der Waals surface area contributed by atoms with Crippen molar-refractivity contribution < 1.29 is 0 Å². The number of fused-ring (bicyclic) bond motifs is 8. The number of benzene rings is 3. The number of nitrogens with zero attached hydrogens (tertiary/aromatic N) is 4. The summed E-state index contributed by atoms with van der Waals surface area (Å²) < 4.78 is 4.29. The lowest BCUT2D eigenvalue weighted by Crippen LogP contribution is -1.98. The highest BCUT2D eigenvalue weighted by atomic mass is 15.1. The smallest absolute Gasteiger partial charge is 0.182 e. The van der Waals surface area contributed by atoms with Gasteiger partial charge in [-0.3, -0.25) is 8.80 Å². The molecule has 0 amide bonds. The van der Waals surface area contributed by atoms with E-state index >= 15 is 0 Å². The Hall–Kier alpha value is -4.10. The molecule has 0 bridgehead atoms. The molecule has 0 aliphatic rings. The standard InChI is InChI=1S/C24H14N4/c1-2-8-17(9-3-1)14-15-18-16-25-23-24-26-19-10-4-5-11-20(19)28(24)22-13-7-6-12-21(22)27(18)23/h1-13,16H. The molecular weight excluding hydrogens is 344 g/mol. The first-order valence-electron chi connectivity index (χ1n) is 9.12. The van der Waals surface area contributed by atoms with Crippen LogP contribution in [0.3, 0.4) is 0 Å². The summed E-state index contributed by atoms with van der Waals surface area (Å²) in [4.78, 5) is 9.54. The molecular formula is C24H14N4. The fraction of sp³-hybridized carbons (Fsp3) is 0. The van der Waals surface area contributed by atoms with Crippen molar-refractivity contribution in [3.8, 4) is 11.8 Å². The van der Waals surface area contributed by atoms with Gasteiger partial charge in [0, 0.05) is 5.56 Å². The van der Waals surface area contributed by atoms with Gasteiger partial charge in [0.25, 0.3) is 0 Å². The predicted molar refractivity (Wildman–Crippen MR) is 111 cm³/mol. The predicted octanol–water partition coefficient (Wildman–Crippen LogP) is 4.69. The van der Waals surface area contributed by atoms with Crippen LogP contribution in [0.4, 0.5) is 0 Å². The topological polar surface area (TPSA) is 34.6 Å². The molecule has 0 N–H and O–H groups in total. The Morgan fingerprint density at radius 1 is 0.607 bits per heavy atom. The molecule has 4 heteroatoms. The first kappa shape index (κ1) is 15.0. The zero-order valence-corrected chi connectivity index (χ0v) is 14.9. The molecule has 0 saturated carbocycles. The van der Waals surface area contributed by atoms with Crippen LogP contribution in [-0.4, -0.2) is 18.8 Å². The lowest BCUT2D eigenvalue weighted by molar-refractivity contribution is 1.17. The minimum Gasteiger partial charge on any atom is -0.288 e. The third-order valence-electron chi connectivity index (χ3n) is 4.99. The molecule has 130 valence electrons. The van der Waals surface area contributed by atoms with Crippen molar-refractivity contribution in [3.63, 3.8) is 0 Å². The highest BCUT2D eigenvalue weighted by Crippen LogP contribution is 2.27. The molecule has 0 spiro atoms. The number of aromatic nitrogens is 4. The SMILES string of the molecule is C(#Cc1cnc2c3nc4ccccc4n3c3ccccc3n12)c1ccccc1. The number of rotatable bonds is 0. The summed E-state index contributed by atoms with van der Waals surface area (Å²) in [6.45, 7) is 0. The molecule has 3 heterocycles. The maximum Gasteiger partial charge on any atom is 0.182 e. The summed E-state index contributed by atoms with van der Waals surface area (Å²) in [5.41, 5.74) is 7.66. The summed E-state index contributed by atoms with van der Waals surface area (Å²) in [6, 6.07) is 26.5. The van der Waals surface area contributed by atoms with Gasteiger partial charge in [-0.25, -0.2) is 9.97 Å². The Bertz CT molecular complexity index is 1550. The van der Waals surface area contributed by atoms with Crippen molar-refractivity contribution in [1.82, 2.24) is 18.8 Å². The first-order valence-corrected chi connectivity index (χ1v) is 9.12. The van der Waals surface area contributed by atoms with Crippen molar-refractivity contribution in [2.24, 2.45) is 0 Å². The van der Waals surface area contributed by atoms with Crippen molar-refractivity contribution >= 4 is 33.4 Å². The van der Waals surface area contributed by atoms with Crippen LogP contribution in [0.2, 0.25) is 0 Å². The van der Waals surface area contributed by atoms with Gasteiger partial charge in [-0.05, 0) is 42.3 Å². The third kappa shape index (κ3) is 2.07. The van der Waals surface area contributed by atoms with Gasteiger partial charge in [0.1, 0.15) is 5.69 Å². The minimum absolute atomic E-state index is 0.812. The molecule has 0 saturated heterocycles. The second kappa shape index (κ2) is 5.70. The Morgan fingerprint density at radius 2 is 1.29 bits per heavy atom. The molecule has 3 aromatic carbocycles. The summed E-state index contributed by atoms with van der Waals surface area (Å²) in [5, 5.41) is 0. The van der Waals surface area contributed by atoms with E-state index in [-0.39, 0.29) is 0 Å². The van der Waals surface area contributed by atoms with Crippen LogP contribution in [0.1, 0.15) is 11.3 Å². The lowest BCUT2D eigenvalue weighted by Gasteiger charge is -2.07. The van der Waals surface area contributed by atoms with E-state index in [0.29, 0.717) is 0 Å². The highest BCUT2D eigenvalue weighted by Gasteiger charge is 2.15. The zero-order valence-electron chi connectivity index (χ0n) is 14.9. The second-order valence-corrected chi connectivity index (χ2v) is 6.67. The number of hydrogen-bond acceptors (Lipinski definition) is 2. The fourth-order valence-electron chi connectivity index (χ4n) is 3.76. The molecule has 0 aliphatic carbocycles. The van der Waals surface area contributed by atoms with Gasteiger partial charge < -0.3 is 0 Å². The summed E-state index contributed by atoms with van der Waals surface area (Å²) in [5.74, 6) is 6.53. The molecule has 3 aromatic heterocycles. The van der Waals surface area contributed by atoms with E-state index in [1.54, 1.807) is 0 Å². The summed E-state index contributed by atoms with van der Waals surface area (Å²) in [7, 11) is 0. The first-order chi connectivity index (χ1) is 13.9. The van der Waals surface area contributed by atoms with Crippen LogP contribution in [0.15, 0.2) is 85.1 Å². The van der Waals surface area contributed by atoms with E-state index in [4.69, 9.17) is 4.98 Å². The van der Waals surface area contributed by atoms with Crippen LogP contribution >= 0.6 is 0 Å². The molecule has 4 nitrogen and oxygen atoms in total. The normalized spacial score (nSPS) is 11.3. The molecule has 0 unspecified atom stereocenters. The van der Waals surface area contributed by atoms with Crippen LogP contribution in [0.5, 0.6) is 0 Å². The van der Waals surface area contributed by atoms with Gasteiger partial charge in [0.15, 0.2) is 11.3 Å². The van der Waals surface area contributed by atoms with Crippen molar-refractivity contribution in [1.29, 1.82) is 0 Å². The number of hydrogen-bond donors (Lipinski definition) is 0. The van der Waals surface area contributed by atoms with Crippen LogP contribution < -0.4 is 0 Å². The minimum atomic E-state index is 0.812. The lowest BCUT2D eigenvalue weighted by atomic mass is 10.2. The van der Waals surface area contributed by atoms with E-state index in [2.05, 4.69) is 49.9 Å². The van der Waals surface area contributed by atoms with Gasteiger partial charge >= 0.3 is 0 Å². The number of imidazole rings is 2. The molecule has 6 aromatic rings. The van der Waals surface area contributed by atoms with Gasteiger partial charge in [-0.1, -0.05) is 48.4 Å². The Kier molecular flexibility index (Phi) is 3.05. The van der Waals surface area contributed by atoms with Gasteiger partial charge in [-0.15, -0.1) is 0 Å². The van der Waals surface area contributed by atoms with Gasteiger partial charge in [-0.2, -0.15) is 0 Å². The molecule has 0 fully saturated rings. The Balaban J connectivity index is 1.76. The molecule has 6 rings (SSSR count). The summed E-state index contributed by atoms with van der Waals surface area (Å²) >= 11 is 0. The van der Waals surface area contributed by atoms with E-state index < -0.39 is 0 Å². The van der Waals surface area contributed by atoms with Crippen LogP contribution in [0.25, 0.3) is 33.4 Å². The Morgan fingerprint density at radius 3 is 2.11 bits per heavy atom. The van der Waals surface area contributed by atoms with Gasteiger partial charge in [0.05, 0.1) is 28.3 Å². The second-order valence-electron chi connectivity index (χ2n) is 6.67. The number of para-hydroxylation sites is 4. The zero-order chi connectivity index (χ0) is 18.5. The van der Waals surface area contributed by atoms with E-state index in [1.807, 2.05) is 60.8 Å². The Labute approximate surface area is 160 Å². The van der Waals surface area contributed by atoms with Crippen molar-refractivity contribution in [3.05, 3.63) is 96.3 Å². The molecule has 0 atom stereocenters. The molecule has 0 radical (unpaired) electrons. The molecule has 28 heavy (non-hydrogen) atoms. The monoisotopic (exact) mass is 358 g/mol. The fourth-order valence-corrected chi connectivity index (χ4v) is 3.76. The van der Waals surface area contributed by atoms with Gasteiger partial charge in [0.2, 0.25) is 0 Å². The average molecular weight is 358 g/mol. The third-order valence-corrected chi connectivity index (χ3v) is 4.99. The van der Waals surface area contributed by atoms with E-state index in [0.717, 1.165) is 44.6 Å². The highest BCUT2D eigenvalue weighted by molar-refractivity contribution is 5.94. The van der Waals surface area contributed by atoms with Crippen LogP contribution in [0, 0.1) is 11.8 Å². The quantitative estimate of drug-likeness (QED) is 0.369. The maximum absolute atomic E-state index is 4.86. The largest absolute Gasteiger partial charge is 0.288 e. The van der Waals surface area contributed by atoms with Crippen molar-refractivity contribution in [2.45, 2.75) is 0 Å². The van der Waals surface area contributed by atoms with Crippen molar-refractivity contribution in [2.75, 3.05) is 0 Å². The van der Waals surface area contributed by atoms with Crippen LogP contribution in [-0.2, 0) is 0 Å². The van der Waals surface area contributed by atoms with E-state index in [9.17, 15) is 0 Å². The maximum atomic E-state index is 4.86. The average Bonchev–Trinajstić information content (AvgIpc) is 3.35. The van der Waals surface area contributed by atoms with E-state index in [1.165, 1.54) is 0 Å². The summed E-state index contributed by atoms with van der Waals surface area (Å²) in [6.07, 6.45) is 1.83. The molecule has 0 aliphatic heterocycles.